The molecule has 0 aromatic carbocycles. The van der Waals surface area contributed by atoms with E-state index in [1.807, 2.05) is 4.90 Å². The van der Waals surface area contributed by atoms with Crippen molar-refractivity contribution in [1.82, 2.24) is 25.5 Å². The first-order chi connectivity index (χ1) is 8.22. The van der Waals surface area contributed by atoms with Gasteiger partial charge >= 0.3 is 6.03 Å². The highest BCUT2D eigenvalue weighted by Gasteiger charge is 2.50. The van der Waals surface area contributed by atoms with Gasteiger partial charge in [-0.15, -0.1) is 0 Å². The Morgan fingerprint density at radius 2 is 2.12 bits per heavy atom. The van der Waals surface area contributed by atoms with E-state index in [1.165, 1.54) is 0 Å². The standard InChI is InChI=1S/C10H12BrN5O/c11-7-3-13-8(14-4-7)10-5-12-1-2-16(10)9(17)15-6-10/h3-4,12H,1-2,5-6H2,(H,15,17). The molecule has 1 unspecified atom stereocenters. The summed E-state index contributed by atoms with van der Waals surface area (Å²) < 4.78 is 0.838. The number of hydrogen-bond donors (Lipinski definition) is 2. The van der Waals surface area contributed by atoms with Crippen LogP contribution in [0.25, 0.3) is 0 Å². The molecule has 2 saturated heterocycles. The minimum absolute atomic E-state index is 0.0296. The molecule has 1 aromatic heterocycles. The number of carbonyl (C=O) groups excluding carboxylic acids is 1. The van der Waals surface area contributed by atoms with Crippen LogP contribution in [0, 0.1) is 0 Å². The minimum Gasteiger partial charge on any atom is -0.335 e. The molecule has 90 valence electrons. The lowest BCUT2D eigenvalue weighted by atomic mass is 9.95. The van der Waals surface area contributed by atoms with E-state index >= 15 is 0 Å². The molecule has 2 fully saturated rings. The van der Waals surface area contributed by atoms with Crippen LogP contribution in [0.1, 0.15) is 5.82 Å². The Morgan fingerprint density at radius 3 is 2.88 bits per heavy atom. The van der Waals surface area contributed by atoms with E-state index in [-0.39, 0.29) is 6.03 Å². The molecule has 2 aliphatic heterocycles. The summed E-state index contributed by atoms with van der Waals surface area (Å²) in [4.78, 5) is 22.3. The van der Waals surface area contributed by atoms with Gasteiger partial charge in [0.15, 0.2) is 5.82 Å². The predicted octanol–water partition coefficient (Wildman–Crippen LogP) is 0.0628. The monoisotopic (exact) mass is 297 g/mol. The van der Waals surface area contributed by atoms with E-state index in [2.05, 4.69) is 36.5 Å². The van der Waals surface area contributed by atoms with Crippen molar-refractivity contribution in [3.63, 3.8) is 0 Å². The Hall–Kier alpha value is -1.21. The third-order valence-electron chi connectivity index (χ3n) is 3.26. The van der Waals surface area contributed by atoms with Crippen LogP contribution in [0.15, 0.2) is 16.9 Å². The highest BCUT2D eigenvalue weighted by atomic mass is 79.9. The molecule has 17 heavy (non-hydrogen) atoms. The first-order valence-electron chi connectivity index (χ1n) is 5.47. The summed E-state index contributed by atoms with van der Waals surface area (Å²) in [5, 5.41) is 6.18. The Morgan fingerprint density at radius 1 is 1.35 bits per heavy atom. The number of nitrogens with one attached hydrogen (secondary N) is 2. The number of piperazine rings is 1. The van der Waals surface area contributed by atoms with Gasteiger partial charge in [-0.25, -0.2) is 14.8 Å². The molecule has 7 heteroatoms. The van der Waals surface area contributed by atoms with Gasteiger partial charge < -0.3 is 15.5 Å². The first kappa shape index (κ1) is 10.9. The second-order valence-electron chi connectivity index (χ2n) is 4.24. The van der Waals surface area contributed by atoms with Crippen LogP contribution in [0.5, 0.6) is 0 Å². The average Bonchev–Trinajstić information content (AvgIpc) is 2.70. The lowest BCUT2D eigenvalue weighted by Gasteiger charge is -2.39. The number of urea groups is 1. The Kier molecular flexibility index (Phi) is 2.52. The summed E-state index contributed by atoms with van der Waals surface area (Å²) in [5.41, 5.74) is -0.434. The molecule has 3 rings (SSSR count). The fourth-order valence-electron chi connectivity index (χ4n) is 2.40. The molecule has 0 spiro atoms. The number of amides is 2. The minimum atomic E-state index is -0.434. The third-order valence-corrected chi connectivity index (χ3v) is 3.67. The average molecular weight is 298 g/mol. The number of aromatic nitrogens is 2. The maximum atomic E-state index is 11.8. The molecular weight excluding hydrogens is 286 g/mol. The van der Waals surface area contributed by atoms with Crippen molar-refractivity contribution < 1.29 is 4.79 Å². The van der Waals surface area contributed by atoms with E-state index in [9.17, 15) is 4.79 Å². The van der Waals surface area contributed by atoms with E-state index < -0.39 is 5.54 Å². The molecule has 1 aromatic rings. The maximum absolute atomic E-state index is 11.8. The summed E-state index contributed by atoms with van der Waals surface area (Å²) in [7, 11) is 0. The van der Waals surface area contributed by atoms with Crippen molar-refractivity contribution >= 4 is 22.0 Å². The lowest BCUT2D eigenvalue weighted by molar-refractivity contribution is 0.122. The van der Waals surface area contributed by atoms with Gasteiger partial charge in [0.2, 0.25) is 0 Å². The van der Waals surface area contributed by atoms with Crippen molar-refractivity contribution in [3.05, 3.63) is 22.7 Å². The van der Waals surface area contributed by atoms with Gasteiger partial charge in [0, 0.05) is 32.0 Å². The van der Waals surface area contributed by atoms with Crippen LogP contribution in [0.4, 0.5) is 4.79 Å². The van der Waals surface area contributed by atoms with Crippen LogP contribution < -0.4 is 10.6 Å². The smallest absolute Gasteiger partial charge is 0.318 e. The molecule has 0 saturated carbocycles. The summed E-state index contributed by atoms with van der Waals surface area (Å²) in [6.07, 6.45) is 3.43. The number of halogens is 1. The second kappa shape index (κ2) is 3.92. The number of rotatable bonds is 1. The van der Waals surface area contributed by atoms with Gasteiger partial charge in [-0.1, -0.05) is 0 Å². The zero-order chi connectivity index (χ0) is 11.9. The Balaban J connectivity index is 2.03. The first-order valence-corrected chi connectivity index (χ1v) is 6.26. The van der Waals surface area contributed by atoms with E-state index in [0.29, 0.717) is 25.5 Å². The molecule has 2 amide bonds. The lowest BCUT2D eigenvalue weighted by Crippen LogP contribution is -2.58. The maximum Gasteiger partial charge on any atom is 0.318 e. The summed E-state index contributed by atoms with van der Waals surface area (Å²) in [6, 6.07) is -0.0296. The largest absolute Gasteiger partial charge is 0.335 e. The van der Waals surface area contributed by atoms with Crippen molar-refractivity contribution in [2.45, 2.75) is 5.54 Å². The highest BCUT2D eigenvalue weighted by molar-refractivity contribution is 9.10. The van der Waals surface area contributed by atoms with Crippen LogP contribution in [-0.2, 0) is 5.54 Å². The van der Waals surface area contributed by atoms with Crippen LogP contribution >= 0.6 is 15.9 Å². The molecule has 1 atom stereocenters. The van der Waals surface area contributed by atoms with Gasteiger partial charge in [-0.2, -0.15) is 0 Å². The van der Waals surface area contributed by atoms with Gasteiger partial charge in [-0.3, -0.25) is 0 Å². The molecule has 0 aliphatic carbocycles. The fraction of sp³-hybridized carbons (Fsp3) is 0.500. The Bertz CT molecular complexity index is 451. The van der Waals surface area contributed by atoms with Crippen molar-refractivity contribution in [2.24, 2.45) is 0 Å². The predicted molar refractivity (Wildman–Crippen MR) is 64.4 cm³/mol. The molecule has 3 heterocycles. The number of carbonyl (C=O) groups is 1. The topological polar surface area (TPSA) is 70.1 Å². The third kappa shape index (κ3) is 1.61. The highest BCUT2D eigenvalue weighted by Crippen LogP contribution is 2.30. The zero-order valence-electron chi connectivity index (χ0n) is 9.11. The fourth-order valence-corrected chi connectivity index (χ4v) is 2.60. The molecule has 2 N–H and O–H groups in total. The number of hydrogen-bond acceptors (Lipinski definition) is 4. The van der Waals surface area contributed by atoms with Gasteiger partial charge in [-0.05, 0) is 15.9 Å². The normalized spacial score (nSPS) is 27.8. The Labute approximate surface area is 107 Å². The van der Waals surface area contributed by atoms with E-state index in [1.54, 1.807) is 12.4 Å². The summed E-state index contributed by atoms with van der Waals surface area (Å²) >= 11 is 3.31. The number of fused-ring (bicyclic) bond motifs is 1. The molecule has 2 aliphatic rings. The number of nitrogens with zero attached hydrogens (tertiary/aromatic N) is 3. The van der Waals surface area contributed by atoms with Gasteiger partial charge in [0.1, 0.15) is 5.54 Å². The SMILES string of the molecule is O=C1NCC2(c3ncc(Br)cn3)CNCCN12. The van der Waals surface area contributed by atoms with Crippen molar-refractivity contribution in [1.29, 1.82) is 0 Å². The molecule has 6 nitrogen and oxygen atoms in total. The molecular formula is C10H12BrN5O. The van der Waals surface area contributed by atoms with Gasteiger partial charge in [0.05, 0.1) is 11.0 Å². The summed E-state index contributed by atoms with van der Waals surface area (Å²) in [6.45, 7) is 2.74. The van der Waals surface area contributed by atoms with Crippen LogP contribution in [0.3, 0.4) is 0 Å². The van der Waals surface area contributed by atoms with Crippen LogP contribution in [-0.4, -0.2) is 47.1 Å². The molecule has 0 bridgehead atoms. The zero-order valence-corrected chi connectivity index (χ0v) is 10.7. The van der Waals surface area contributed by atoms with Gasteiger partial charge in [0.25, 0.3) is 0 Å². The van der Waals surface area contributed by atoms with Crippen molar-refractivity contribution in [3.8, 4) is 0 Å². The van der Waals surface area contributed by atoms with E-state index in [4.69, 9.17) is 0 Å². The summed E-state index contributed by atoms with van der Waals surface area (Å²) in [5.74, 6) is 0.686. The second-order valence-corrected chi connectivity index (χ2v) is 5.16. The quantitative estimate of drug-likeness (QED) is 0.769. The molecule has 0 radical (unpaired) electrons. The van der Waals surface area contributed by atoms with E-state index in [0.717, 1.165) is 11.0 Å². The van der Waals surface area contributed by atoms with Crippen molar-refractivity contribution in [2.75, 3.05) is 26.2 Å². The van der Waals surface area contributed by atoms with Crippen LogP contribution in [0.2, 0.25) is 0 Å².